The van der Waals surface area contributed by atoms with Crippen LogP contribution in [0.25, 0.3) is 11.5 Å². The van der Waals surface area contributed by atoms with Gasteiger partial charge in [0.1, 0.15) is 6.26 Å². The smallest absolute Gasteiger partial charge is 0.319 e. The lowest BCUT2D eigenvalue weighted by molar-refractivity contribution is 0.206. The Kier molecular flexibility index (Phi) is 4.09. The first-order valence-corrected chi connectivity index (χ1v) is 7.70. The van der Waals surface area contributed by atoms with Gasteiger partial charge in [-0.2, -0.15) is 0 Å². The molecule has 122 valence electrons. The zero-order valence-electron chi connectivity index (χ0n) is 13.3. The SMILES string of the molecule is Cc1coc(-c2cc(NC(=O)NCC3(CO)CC3)ccc2C)n1. The fourth-order valence-electron chi connectivity index (χ4n) is 2.42. The highest BCUT2D eigenvalue weighted by atomic mass is 16.3. The first-order chi connectivity index (χ1) is 11.0. The van der Waals surface area contributed by atoms with Gasteiger partial charge in [-0.05, 0) is 44.4 Å². The van der Waals surface area contributed by atoms with Crippen LogP contribution in [-0.2, 0) is 0 Å². The summed E-state index contributed by atoms with van der Waals surface area (Å²) in [4.78, 5) is 16.3. The van der Waals surface area contributed by atoms with E-state index in [2.05, 4.69) is 15.6 Å². The summed E-state index contributed by atoms with van der Waals surface area (Å²) in [5.74, 6) is 0.543. The molecule has 23 heavy (non-hydrogen) atoms. The fourth-order valence-corrected chi connectivity index (χ4v) is 2.42. The van der Waals surface area contributed by atoms with Gasteiger partial charge in [-0.1, -0.05) is 6.07 Å². The first-order valence-electron chi connectivity index (χ1n) is 7.70. The molecule has 1 saturated carbocycles. The fraction of sp³-hybridized carbons (Fsp3) is 0.412. The number of hydrogen-bond acceptors (Lipinski definition) is 4. The normalized spacial score (nSPS) is 15.3. The van der Waals surface area contributed by atoms with Crippen molar-refractivity contribution < 1.29 is 14.3 Å². The van der Waals surface area contributed by atoms with Crippen molar-refractivity contribution in [2.45, 2.75) is 26.7 Å². The van der Waals surface area contributed by atoms with Crippen LogP contribution in [-0.4, -0.2) is 29.3 Å². The highest BCUT2D eigenvalue weighted by molar-refractivity contribution is 5.90. The second-order valence-electron chi connectivity index (χ2n) is 6.29. The van der Waals surface area contributed by atoms with Crippen LogP contribution in [0.2, 0.25) is 0 Å². The second-order valence-corrected chi connectivity index (χ2v) is 6.29. The molecule has 0 radical (unpaired) electrons. The maximum Gasteiger partial charge on any atom is 0.319 e. The van der Waals surface area contributed by atoms with Crippen molar-refractivity contribution in [3.8, 4) is 11.5 Å². The average Bonchev–Trinajstić information content (AvgIpc) is 3.21. The Bertz CT molecular complexity index is 720. The molecular weight excluding hydrogens is 294 g/mol. The molecule has 0 aliphatic heterocycles. The third-order valence-electron chi connectivity index (χ3n) is 4.26. The number of rotatable bonds is 5. The number of anilines is 1. The number of hydrogen-bond donors (Lipinski definition) is 3. The van der Waals surface area contributed by atoms with Gasteiger partial charge in [0.2, 0.25) is 5.89 Å². The van der Waals surface area contributed by atoms with Crippen molar-refractivity contribution in [2.75, 3.05) is 18.5 Å². The predicted molar refractivity (Wildman–Crippen MR) is 87.2 cm³/mol. The molecule has 3 rings (SSSR count). The van der Waals surface area contributed by atoms with Crippen LogP contribution >= 0.6 is 0 Å². The van der Waals surface area contributed by atoms with E-state index in [1.54, 1.807) is 6.26 Å². The van der Waals surface area contributed by atoms with E-state index >= 15 is 0 Å². The molecule has 1 heterocycles. The second kappa shape index (κ2) is 6.04. The number of aryl methyl sites for hydroxylation is 2. The molecule has 6 nitrogen and oxygen atoms in total. The quantitative estimate of drug-likeness (QED) is 0.791. The number of urea groups is 1. The molecule has 1 fully saturated rings. The number of aliphatic hydroxyl groups is 1. The highest BCUT2D eigenvalue weighted by Gasteiger charge is 2.42. The number of aromatic nitrogens is 1. The molecule has 1 aromatic carbocycles. The minimum Gasteiger partial charge on any atom is -0.444 e. The van der Waals surface area contributed by atoms with Crippen LogP contribution in [0.15, 0.2) is 28.9 Å². The summed E-state index contributed by atoms with van der Waals surface area (Å²) in [7, 11) is 0. The Labute approximate surface area is 134 Å². The summed E-state index contributed by atoms with van der Waals surface area (Å²) < 4.78 is 5.44. The summed E-state index contributed by atoms with van der Waals surface area (Å²) in [6.45, 7) is 4.45. The van der Waals surface area contributed by atoms with E-state index in [9.17, 15) is 9.90 Å². The lowest BCUT2D eigenvalue weighted by Crippen LogP contribution is -2.35. The van der Waals surface area contributed by atoms with Crippen LogP contribution in [0, 0.1) is 19.3 Å². The van der Waals surface area contributed by atoms with Crippen molar-refractivity contribution >= 4 is 11.7 Å². The highest BCUT2D eigenvalue weighted by Crippen LogP contribution is 2.44. The minimum atomic E-state index is -0.275. The molecule has 1 aliphatic rings. The lowest BCUT2D eigenvalue weighted by atomic mass is 10.1. The van der Waals surface area contributed by atoms with Gasteiger partial charge < -0.3 is 20.2 Å². The standard InChI is InChI=1S/C17H21N3O3/c1-11-3-4-13(7-14(11)15-19-12(2)8-23-15)20-16(22)18-9-17(10-21)5-6-17/h3-4,7-8,21H,5-6,9-10H2,1-2H3,(H2,18,20,22). The number of carbonyl (C=O) groups excluding carboxylic acids is 1. The Morgan fingerprint density at radius 1 is 1.39 bits per heavy atom. The zero-order valence-corrected chi connectivity index (χ0v) is 13.3. The van der Waals surface area contributed by atoms with Crippen LogP contribution in [0.1, 0.15) is 24.1 Å². The number of benzene rings is 1. The molecule has 1 aromatic heterocycles. The van der Waals surface area contributed by atoms with Crippen LogP contribution in [0.4, 0.5) is 10.5 Å². The van der Waals surface area contributed by atoms with Crippen LogP contribution in [0.3, 0.4) is 0 Å². The first kappa shape index (κ1) is 15.6. The van der Waals surface area contributed by atoms with E-state index in [0.717, 1.165) is 29.7 Å². The van der Waals surface area contributed by atoms with Gasteiger partial charge in [0.25, 0.3) is 0 Å². The van der Waals surface area contributed by atoms with E-state index in [0.29, 0.717) is 18.1 Å². The van der Waals surface area contributed by atoms with Crippen LogP contribution in [0.5, 0.6) is 0 Å². The molecule has 0 atom stereocenters. The Hall–Kier alpha value is -2.34. The molecule has 2 aromatic rings. The van der Waals surface area contributed by atoms with Gasteiger partial charge in [0.15, 0.2) is 0 Å². The third kappa shape index (κ3) is 3.53. The molecular formula is C17H21N3O3. The van der Waals surface area contributed by atoms with Gasteiger partial charge in [-0.15, -0.1) is 0 Å². The monoisotopic (exact) mass is 315 g/mol. The summed E-state index contributed by atoms with van der Waals surface area (Å²) in [5, 5.41) is 14.9. The van der Waals surface area contributed by atoms with E-state index < -0.39 is 0 Å². The van der Waals surface area contributed by atoms with Crippen molar-refractivity contribution in [1.82, 2.24) is 10.3 Å². The molecule has 3 N–H and O–H groups in total. The summed E-state index contributed by atoms with van der Waals surface area (Å²) in [6, 6.07) is 5.33. The van der Waals surface area contributed by atoms with E-state index in [1.807, 2.05) is 32.0 Å². The van der Waals surface area contributed by atoms with Gasteiger partial charge in [-0.3, -0.25) is 0 Å². The third-order valence-corrected chi connectivity index (χ3v) is 4.26. The molecule has 2 amide bonds. The molecule has 0 unspecified atom stereocenters. The predicted octanol–water partition coefficient (Wildman–Crippen LogP) is 2.85. The minimum absolute atomic E-state index is 0.106. The Morgan fingerprint density at radius 2 is 2.17 bits per heavy atom. The van der Waals surface area contributed by atoms with E-state index in [4.69, 9.17) is 4.42 Å². The largest absolute Gasteiger partial charge is 0.444 e. The van der Waals surface area contributed by atoms with E-state index in [-0.39, 0.29) is 18.1 Å². The number of amides is 2. The molecule has 0 saturated heterocycles. The Balaban J connectivity index is 1.67. The van der Waals surface area contributed by atoms with Crippen molar-refractivity contribution in [2.24, 2.45) is 5.41 Å². The maximum atomic E-state index is 12.0. The summed E-state index contributed by atoms with van der Waals surface area (Å²) in [5.41, 5.74) is 3.26. The van der Waals surface area contributed by atoms with Crippen LogP contribution < -0.4 is 10.6 Å². The average molecular weight is 315 g/mol. The maximum absolute atomic E-state index is 12.0. The number of oxazole rings is 1. The van der Waals surface area contributed by atoms with Crippen molar-refractivity contribution in [3.63, 3.8) is 0 Å². The summed E-state index contributed by atoms with van der Waals surface area (Å²) >= 11 is 0. The van der Waals surface area contributed by atoms with Gasteiger partial charge in [0.05, 0.1) is 12.3 Å². The number of nitrogens with zero attached hydrogens (tertiary/aromatic N) is 1. The molecule has 0 spiro atoms. The Morgan fingerprint density at radius 3 is 2.78 bits per heavy atom. The lowest BCUT2D eigenvalue weighted by Gasteiger charge is -2.14. The van der Waals surface area contributed by atoms with Crippen molar-refractivity contribution in [1.29, 1.82) is 0 Å². The van der Waals surface area contributed by atoms with Gasteiger partial charge in [0, 0.05) is 23.2 Å². The van der Waals surface area contributed by atoms with Gasteiger partial charge >= 0.3 is 6.03 Å². The molecule has 6 heteroatoms. The number of nitrogens with one attached hydrogen (secondary N) is 2. The topological polar surface area (TPSA) is 87.4 Å². The number of carbonyl (C=O) groups is 1. The zero-order chi connectivity index (χ0) is 16.4. The van der Waals surface area contributed by atoms with E-state index in [1.165, 1.54) is 0 Å². The molecule has 0 bridgehead atoms. The van der Waals surface area contributed by atoms with Gasteiger partial charge in [-0.25, -0.2) is 9.78 Å². The summed E-state index contributed by atoms with van der Waals surface area (Å²) in [6.07, 6.45) is 3.52. The molecule has 1 aliphatic carbocycles. The van der Waals surface area contributed by atoms with Crippen molar-refractivity contribution in [3.05, 3.63) is 35.7 Å². The number of aliphatic hydroxyl groups excluding tert-OH is 1.